The van der Waals surface area contributed by atoms with Crippen LogP contribution in [0, 0.1) is 11.3 Å². The van der Waals surface area contributed by atoms with Gasteiger partial charge in [-0.2, -0.15) is 5.26 Å². The Kier molecular flexibility index (Phi) is 9.55. The highest BCUT2D eigenvalue weighted by molar-refractivity contribution is 7.85. The molecule has 0 N–H and O–H groups in total. The van der Waals surface area contributed by atoms with Crippen molar-refractivity contribution in [2.75, 3.05) is 4.90 Å². The molecule has 0 bridgehead atoms. The van der Waals surface area contributed by atoms with E-state index in [2.05, 4.69) is 193 Å². The predicted octanol–water partition coefficient (Wildman–Crippen LogP) is 14.4. The van der Waals surface area contributed by atoms with Crippen LogP contribution < -0.4 is 4.90 Å². The van der Waals surface area contributed by atoms with Crippen molar-refractivity contribution in [1.29, 1.82) is 5.26 Å². The molecule has 1 atom stereocenters. The molecule has 0 amide bonds. The molecule has 0 saturated heterocycles. The topological polar surface area (TPSA) is 54.0 Å². The van der Waals surface area contributed by atoms with E-state index in [-0.39, 0.29) is 5.41 Å². The quantitative estimate of drug-likeness (QED) is 0.157. The number of aromatic nitrogens is 2. The second-order valence-corrected chi connectivity index (χ2v) is 17.4. The van der Waals surface area contributed by atoms with Crippen molar-refractivity contribution >= 4 is 71.5 Å². The van der Waals surface area contributed by atoms with Crippen LogP contribution in [0.2, 0.25) is 0 Å². The van der Waals surface area contributed by atoms with E-state index >= 15 is 0 Å². The third-order valence-electron chi connectivity index (χ3n) is 12.1. The second-order valence-electron chi connectivity index (χ2n) is 15.9. The Morgan fingerprint density at radius 3 is 1.60 bits per heavy atom. The van der Waals surface area contributed by atoms with Gasteiger partial charge in [0, 0.05) is 53.8 Å². The average Bonchev–Trinajstić information content (AvgIpc) is 3.85. The number of hydrogen-bond donors (Lipinski definition) is 0. The molecule has 1 aliphatic heterocycles. The smallest absolute Gasteiger partial charge is 0.0991 e. The molecule has 5 nitrogen and oxygen atoms in total. The third-order valence-corrected chi connectivity index (χ3v) is 13.5. The molecule has 298 valence electrons. The Balaban J connectivity index is 0.00000110. The lowest BCUT2D eigenvalue weighted by atomic mass is 9.73. The van der Waals surface area contributed by atoms with Crippen LogP contribution in [0.3, 0.4) is 0 Å². The molecule has 10 aromatic rings. The van der Waals surface area contributed by atoms with Crippen molar-refractivity contribution in [1.82, 2.24) is 9.13 Å². The zero-order valence-electron chi connectivity index (χ0n) is 34.5. The second kappa shape index (κ2) is 15.4. The maximum Gasteiger partial charge on any atom is 0.0991 e. The summed E-state index contributed by atoms with van der Waals surface area (Å²) in [5.41, 5.74) is 13.0. The number of fused-ring (bicyclic) bond motifs is 9. The zero-order chi connectivity index (χ0) is 42.5. The molecule has 8 aromatic carbocycles. The van der Waals surface area contributed by atoms with E-state index < -0.39 is 10.8 Å². The summed E-state index contributed by atoms with van der Waals surface area (Å²) in [4.78, 5) is 3.78. The maximum atomic E-state index is 13.8. The number of nitriles is 1. The van der Waals surface area contributed by atoms with Crippen LogP contribution in [-0.4, -0.2) is 13.3 Å². The molecule has 62 heavy (non-hydrogen) atoms. The van der Waals surface area contributed by atoms with Gasteiger partial charge in [-0.15, -0.1) is 0 Å². The molecular formula is C56H42N4OS. The van der Waals surface area contributed by atoms with Crippen molar-refractivity contribution in [3.63, 3.8) is 0 Å². The molecule has 0 radical (unpaired) electrons. The average molecular weight is 819 g/mol. The normalized spacial score (nSPS) is 13.2. The Morgan fingerprint density at radius 1 is 0.516 bits per heavy atom. The van der Waals surface area contributed by atoms with Crippen molar-refractivity contribution in [2.45, 2.75) is 29.1 Å². The first-order chi connectivity index (χ1) is 30.3. The summed E-state index contributed by atoms with van der Waals surface area (Å²) in [5, 5.41) is 14.0. The Labute approximate surface area is 363 Å². The summed E-state index contributed by atoms with van der Waals surface area (Å²) in [7, 11) is -1.40. The number of allylic oxidation sites excluding steroid dienone is 2. The Morgan fingerprint density at radius 2 is 1.00 bits per heavy atom. The minimum absolute atomic E-state index is 0.157. The summed E-state index contributed by atoms with van der Waals surface area (Å²) in [6, 6.07) is 65.5. The van der Waals surface area contributed by atoms with Crippen molar-refractivity contribution in [3.05, 3.63) is 224 Å². The molecule has 1 aliphatic rings. The van der Waals surface area contributed by atoms with Crippen LogP contribution in [0.15, 0.2) is 217 Å². The van der Waals surface area contributed by atoms with Gasteiger partial charge in [-0.3, -0.25) is 0 Å². The molecule has 1 unspecified atom stereocenters. The minimum Gasteiger partial charge on any atom is -0.310 e. The molecule has 3 heterocycles. The van der Waals surface area contributed by atoms with E-state index in [0.717, 1.165) is 49.9 Å². The summed E-state index contributed by atoms with van der Waals surface area (Å²) in [6.45, 7) is 11.4. The van der Waals surface area contributed by atoms with E-state index in [0.29, 0.717) is 15.4 Å². The number of benzene rings is 8. The molecule has 0 spiro atoms. The van der Waals surface area contributed by atoms with Gasteiger partial charge >= 0.3 is 0 Å². The monoisotopic (exact) mass is 818 g/mol. The van der Waals surface area contributed by atoms with E-state index in [1.165, 1.54) is 33.3 Å². The lowest BCUT2D eigenvalue weighted by molar-refractivity contribution is 0.632. The number of para-hydroxylation sites is 4. The molecule has 0 saturated carbocycles. The van der Waals surface area contributed by atoms with E-state index in [1.807, 2.05) is 12.1 Å². The SMILES string of the molecule is C=CC=C.CC1(C)c2ccccc2N(c2ccc3c(c2)c2ccc4c5ccccc5n(-c5ccccc5)c4c2n3-c2ccc(S(=O)c3ccc(C#N)cc3)cc2)c2ccccc21. The first-order valence-electron chi connectivity index (χ1n) is 20.6. The summed E-state index contributed by atoms with van der Waals surface area (Å²) >= 11 is 0. The predicted molar refractivity (Wildman–Crippen MR) is 258 cm³/mol. The highest BCUT2D eigenvalue weighted by Crippen LogP contribution is 2.52. The van der Waals surface area contributed by atoms with Crippen LogP contribution in [0.5, 0.6) is 0 Å². The molecule has 2 aromatic heterocycles. The molecule has 6 heteroatoms. The van der Waals surface area contributed by atoms with Gasteiger partial charge in [0.15, 0.2) is 0 Å². The lowest BCUT2D eigenvalue weighted by Gasteiger charge is -2.42. The minimum atomic E-state index is -1.40. The first kappa shape index (κ1) is 38.5. The van der Waals surface area contributed by atoms with Crippen LogP contribution in [0.1, 0.15) is 30.5 Å². The largest absolute Gasteiger partial charge is 0.310 e. The number of anilines is 3. The van der Waals surface area contributed by atoms with Crippen molar-refractivity contribution in [3.8, 4) is 17.4 Å². The molecule has 11 rings (SSSR count). The Hall–Kier alpha value is -7.72. The van der Waals surface area contributed by atoms with Crippen LogP contribution >= 0.6 is 0 Å². The van der Waals surface area contributed by atoms with E-state index in [4.69, 9.17) is 0 Å². The summed E-state index contributed by atoms with van der Waals surface area (Å²) in [5.74, 6) is 0. The van der Waals surface area contributed by atoms with Gasteiger partial charge in [0.2, 0.25) is 0 Å². The van der Waals surface area contributed by atoms with Gasteiger partial charge in [0.25, 0.3) is 0 Å². The van der Waals surface area contributed by atoms with Gasteiger partial charge in [-0.05, 0) is 108 Å². The maximum absolute atomic E-state index is 13.8. The Bertz CT molecular complexity index is 3390. The fraction of sp³-hybridized carbons (Fsp3) is 0.0536. The molecule has 0 aliphatic carbocycles. The van der Waals surface area contributed by atoms with Gasteiger partial charge < -0.3 is 14.0 Å². The number of hydrogen-bond acceptors (Lipinski definition) is 3. The van der Waals surface area contributed by atoms with Gasteiger partial charge in [0.05, 0.1) is 55.9 Å². The van der Waals surface area contributed by atoms with Gasteiger partial charge in [-0.25, -0.2) is 4.21 Å². The number of rotatable bonds is 6. The third kappa shape index (κ3) is 6.09. The van der Waals surface area contributed by atoms with E-state index in [9.17, 15) is 9.47 Å². The van der Waals surface area contributed by atoms with Crippen LogP contribution in [-0.2, 0) is 16.2 Å². The van der Waals surface area contributed by atoms with Crippen molar-refractivity contribution < 1.29 is 4.21 Å². The van der Waals surface area contributed by atoms with Crippen molar-refractivity contribution in [2.24, 2.45) is 0 Å². The van der Waals surface area contributed by atoms with Gasteiger partial charge in [-0.1, -0.05) is 124 Å². The fourth-order valence-corrected chi connectivity index (χ4v) is 10.3. The summed E-state index contributed by atoms with van der Waals surface area (Å²) < 4.78 is 18.5. The van der Waals surface area contributed by atoms with E-state index in [1.54, 1.807) is 36.4 Å². The van der Waals surface area contributed by atoms with Crippen LogP contribution in [0.25, 0.3) is 55.0 Å². The summed E-state index contributed by atoms with van der Waals surface area (Å²) in [6.07, 6.45) is 3.28. The highest BCUT2D eigenvalue weighted by Gasteiger charge is 2.36. The standard InChI is InChI=1S/C52H36N4OS.C4H6/c1-52(2)44-15-7-10-18-48(44)54(49-19-11-8-16-45(49)52)37-24-31-47-43(32-37)42-30-29-41-40-14-6-9-17-46(40)55(35-12-4-3-5-13-35)50(41)51(42)56(47)36-22-27-39(28-23-36)58(57)38-25-20-34(33-53)21-26-38;1-3-4-2/h3-32H,1-2H3;3-4H,1-2H2. The molecular weight excluding hydrogens is 777 g/mol. The highest BCUT2D eigenvalue weighted by atomic mass is 32.2. The van der Waals surface area contributed by atoms with Crippen LogP contribution in [0.4, 0.5) is 17.1 Å². The lowest BCUT2D eigenvalue weighted by Crippen LogP contribution is -2.30. The number of nitrogens with zero attached hydrogens (tertiary/aromatic N) is 4. The zero-order valence-corrected chi connectivity index (χ0v) is 35.3. The molecule has 0 fully saturated rings. The van der Waals surface area contributed by atoms with Gasteiger partial charge in [0.1, 0.15) is 0 Å². The fourth-order valence-electron chi connectivity index (χ4n) is 9.25. The first-order valence-corrected chi connectivity index (χ1v) is 21.8.